The molecule has 0 spiro atoms. The molecule has 2 unspecified atom stereocenters. The van der Waals surface area contributed by atoms with Gasteiger partial charge in [0.2, 0.25) is 10.0 Å². The van der Waals surface area contributed by atoms with Gasteiger partial charge in [-0.3, -0.25) is 9.59 Å². The van der Waals surface area contributed by atoms with Crippen LogP contribution in [0.15, 0.2) is 53.4 Å². The van der Waals surface area contributed by atoms with Crippen LogP contribution in [0.25, 0.3) is 0 Å². The first-order chi connectivity index (χ1) is 13.6. The number of benzene rings is 2. The van der Waals surface area contributed by atoms with Gasteiger partial charge in [0, 0.05) is 10.7 Å². The molecule has 0 aliphatic heterocycles. The van der Waals surface area contributed by atoms with Gasteiger partial charge in [0.15, 0.2) is 6.61 Å². The highest BCUT2D eigenvalue weighted by molar-refractivity contribution is 7.89. The molecule has 1 amide bonds. The second-order valence-corrected chi connectivity index (χ2v) is 8.47. The topological polar surface area (TPSA) is 122 Å². The lowest BCUT2D eigenvalue weighted by Crippen LogP contribution is -2.48. The Balaban J connectivity index is 1.99. The van der Waals surface area contributed by atoms with Gasteiger partial charge >= 0.3 is 5.97 Å². The van der Waals surface area contributed by atoms with E-state index in [1.807, 2.05) is 6.92 Å². The predicted molar refractivity (Wildman–Crippen MR) is 108 cm³/mol. The summed E-state index contributed by atoms with van der Waals surface area (Å²) in [5, 5.41) is 12.7. The highest BCUT2D eigenvalue weighted by Crippen LogP contribution is 2.15. The van der Waals surface area contributed by atoms with Crippen molar-refractivity contribution in [3.8, 4) is 0 Å². The molecule has 0 radical (unpaired) electrons. The van der Waals surface area contributed by atoms with Crippen LogP contribution in [0.5, 0.6) is 0 Å². The van der Waals surface area contributed by atoms with Gasteiger partial charge in [-0.2, -0.15) is 4.72 Å². The summed E-state index contributed by atoms with van der Waals surface area (Å²) in [6.45, 7) is 2.48. The maximum atomic E-state index is 12.4. The molecule has 2 aromatic rings. The van der Waals surface area contributed by atoms with Crippen molar-refractivity contribution in [3.63, 3.8) is 0 Å². The minimum atomic E-state index is -4.13. The maximum absolute atomic E-state index is 12.4. The van der Waals surface area contributed by atoms with Crippen molar-refractivity contribution >= 4 is 39.2 Å². The van der Waals surface area contributed by atoms with Crippen LogP contribution in [0.3, 0.4) is 0 Å². The van der Waals surface area contributed by atoms with Gasteiger partial charge in [0.25, 0.3) is 5.91 Å². The number of sulfonamides is 1. The van der Waals surface area contributed by atoms with Crippen LogP contribution in [-0.4, -0.2) is 44.2 Å². The first kappa shape index (κ1) is 22.8. The average molecular weight is 441 g/mol. The molecule has 0 heterocycles. The number of carbonyl (C=O) groups excluding carboxylic acids is 2. The third-order valence-corrected chi connectivity index (χ3v) is 5.53. The molecule has 0 aliphatic carbocycles. The van der Waals surface area contributed by atoms with Gasteiger partial charge in [-0.05, 0) is 50.2 Å². The Bertz CT molecular complexity index is 959. The third-order valence-electron chi connectivity index (χ3n) is 3.82. The number of carbonyl (C=O) groups is 2. The van der Waals surface area contributed by atoms with E-state index in [0.29, 0.717) is 10.7 Å². The normalized spacial score (nSPS) is 13.4. The average Bonchev–Trinajstić information content (AvgIpc) is 2.66. The number of hydrogen-bond acceptors (Lipinski definition) is 6. The van der Waals surface area contributed by atoms with Crippen molar-refractivity contribution in [2.45, 2.75) is 30.9 Å². The summed E-state index contributed by atoms with van der Waals surface area (Å²) in [5.74, 6) is -1.69. The molecule has 0 saturated heterocycles. The molecule has 10 heteroatoms. The molecule has 3 N–H and O–H groups in total. The number of anilines is 1. The van der Waals surface area contributed by atoms with Gasteiger partial charge in [-0.15, -0.1) is 0 Å². The Hall–Kier alpha value is -2.46. The number of nitrogens with one attached hydrogen (secondary N) is 2. The van der Waals surface area contributed by atoms with E-state index in [1.165, 1.54) is 31.2 Å². The van der Waals surface area contributed by atoms with E-state index in [1.54, 1.807) is 24.3 Å². The van der Waals surface area contributed by atoms with Gasteiger partial charge in [0.05, 0.1) is 11.0 Å². The van der Waals surface area contributed by atoms with E-state index in [9.17, 15) is 23.1 Å². The highest BCUT2D eigenvalue weighted by atomic mass is 35.5. The monoisotopic (exact) mass is 440 g/mol. The highest BCUT2D eigenvalue weighted by Gasteiger charge is 2.31. The van der Waals surface area contributed by atoms with Crippen molar-refractivity contribution in [2.24, 2.45) is 0 Å². The third kappa shape index (κ3) is 6.82. The smallest absolute Gasteiger partial charge is 0.327 e. The largest absolute Gasteiger partial charge is 0.454 e. The first-order valence-electron chi connectivity index (χ1n) is 8.57. The van der Waals surface area contributed by atoms with Crippen LogP contribution >= 0.6 is 11.6 Å². The Labute approximate surface area is 173 Å². The molecule has 2 aromatic carbocycles. The Kier molecular flexibility index (Phi) is 7.74. The second kappa shape index (κ2) is 9.84. The lowest BCUT2D eigenvalue weighted by molar-refractivity contribution is -0.151. The number of ether oxygens (including phenoxy) is 1. The van der Waals surface area contributed by atoms with E-state index in [0.717, 1.165) is 5.56 Å². The van der Waals surface area contributed by atoms with Crippen LogP contribution in [0.1, 0.15) is 12.5 Å². The van der Waals surface area contributed by atoms with E-state index < -0.39 is 40.7 Å². The van der Waals surface area contributed by atoms with Gasteiger partial charge in [0.1, 0.15) is 6.04 Å². The lowest BCUT2D eigenvalue weighted by atomic mass is 10.2. The van der Waals surface area contributed by atoms with Crippen molar-refractivity contribution < 1.29 is 27.9 Å². The van der Waals surface area contributed by atoms with Crippen LogP contribution in [0.2, 0.25) is 5.02 Å². The number of aryl methyl sites for hydroxylation is 1. The van der Waals surface area contributed by atoms with E-state index in [2.05, 4.69) is 10.0 Å². The molecule has 0 saturated carbocycles. The van der Waals surface area contributed by atoms with Crippen LogP contribution in [0.4, 0.5) is 5.69 Å². The number of hydrogen-bond donors (Lipinski definition) is 3. The Morgan fingerprint density at radius 2 is 1.69 bits per heavy atom. The number of amides is 1. The zero-order valence-electron chi connectivity index (χ0n) is 15.8. The summed E-state index contributed by atoms with van der Waals surface area (Å²) < 4.78 is 31.8. The van der Waals surface area contributed by atoms with Gasteiger partial charge in [-0.1, -0.05) is 29.3 Å². The summed E-state index contributed by atoms with van der Waals surface area (Å²) in [4.78, 5) is 24.0. The minimum absolute atomic E-state index is 0.141. The van der Waals surface area contributed by atoms with Crippen LogP contribution in [-0.2, 0) is 24.3 Å². The number of halogens is 1. The van der Waals surface area contributed by atoms with Crippen molar-refractivity contribution in [3.05, 3.63) is 59.1 Å². The van der Waals surface area contributed by atoms with E-state index in [-0.39, 0.29) is 4.90 Å². The molecule has 0 fully saturated rings. The van der Waals surface area contributed by atoms with Crippen molar-refractivity contribution in [1.82, 2.24) is 4.72 Å². The van der Waals surface area contributed by atoms with Crippen LogP contribution < -0.4 is 10.0 Å². The van der Waals surface area contributed by atoms with Gasteiger partial charge < -0.3 is 15.2 Å². The fourth-order valence-electron chi connectivity index (χ4n) is 2.25. The molecular formula is C19H21ClN2O6S. The molecule has 8 nitrogen and oxygen atoms in total. The Morgan fingerprint density at radius 3 is 2.24 bits per heavy atom. The quantitative estimate of drug-likeness (QED) is 0.538. The summed E-state index contributed by atoms with van der Waals surface area (Å²) in [6, 6.07) is 10.6. The molecule has 0 aromatic heterocycles. The lowest BCUT2D eigenvalue weighted by Gasteiger charge is -2.20. The minimum Gasteiger partial charge on any atom is -0.454 e. The zero-order valence-corrected chi connectivity index (χ0v) is 17.3. The number of aliphatic hydroxyl groups excluding tert-OH is 1. The molecule has 29 heavy (non-hydrogen) atoms. The molecule has 0 aliphatic rings. The summed E-state index contributed by atoms with van der Waals surface area (Å²) in [6.07, 6.45) is -1.40. The maximum Gasteiger partial charge on any atom is 0.327 e. The van der Waals surface area contributed by atoms with E-state index in [4.69, 9.17) is 16.3 Å². The molecule has 156 valence electrons. The standard InChI is InChI=1S/C19H21ClN2O6S/c1-12-3-7-15(8-4-12)21-17(24)11-28-19(25)18(13(2)23)22-29(26,27)16-9-5-14(20)6-10-16/h3-10,13,18,22-23H,11H2,1-2H3,(H,21,24). The van der Waals surface area contributed by atoms with Crippen LogP contribution in [0, 0.1) is 6.92 Å². The summed E-state index contributed by atoms with van der Waals surface area (Å²) in [5.41, 5.74) is 1.54. The fourth-order valence-corrected chi connectivity index (χ4v) is 3.64. The molecular weight excluding hydrogens is 420 g/mol. The molecule has 0 bridgehead atoms. The predicted octanol–water partition coefficient (Wildman–Crippen LogP) is 1.86. The summed E-state index contributed by atoms with van der Waals surface area (Å²) >= 11 is 5.74. The second-order valence-electron chi connectivity index (χ2n) is 6.32. The van der Waals surface area contributed by atoms with Crippen molar-refractivity contribution in [2.75, 3.05) is 11.9 Å². The number of rotatable bonds is 8. The zero-order chi connectivity index (χ0) is 21.6. The fraction of sp³-hybridized carbons (Fsp3) is 0.263. The molecule has 2 atom stereocenters. The van der Waals surface area contributed by atoms with E-state index >= 15 is 0 Å². The number of aliphatic hydroxyl groups is 1. The van der Waals surface area contributed by atoms with Gasteiger partial charge in [-0.25, -0.2) is 8.42 Å². The molecule has 2 rings (SSSR count). The first-order valence-corrected chi connectivity index (χ1v) is 10.4. The number of esters is 1. The van der Waals surface area contributed by atoms with Crippen molar-refractivity contribution in [1.29, 1.82) is 0 Å². The summed E-state index contributed by atoms with van der Waals surface area (Å²) in [7, 11) is -4.13. The Morgan fingerprint density at radius 1 is 1.10 bits per heavy atom. The SMILES string of the molecule is Cc1ccc(NC(=O)COC(=O)C(NS(=O)(=O)c2ccc(Cl)cc2)C(C)O)cc1.